The Morgan fingerprint density at radius 1 is 1.25 bits per heavy atom. The van der Waals surface area contributed by atoms with Crippen LogP contribution in [-0.2, 0) is 13.0 Å². The van der Waals surface area contributed by atoms with Crippen molar-refractivity contribution >= 4 is 17.5 Å². The maximum atomic E-state index is 13.2. The summed E-state index contributed by atoms with van der Waals surface area (Å²) in [4.78, 5) is 12.9. The van der Waals surface area contributed by atoms with Crippen molar-refractivity contribution in [1.82, 2.24) is 15.1 Å². The Morgan fingerprint density at radius 2 is 1.92 bits per heavy atom. The average Bonchev–Trinajstić information content (AvgIpc) is 3.14. The summed E-state index contributed by atoms with van der Waals surface area (Å²) in [5, 5.41) is 7.12. The molecule has 11 heteroatoms. The number of aryl methyl sites for hydroxylation is 1. The van der Waals surface area contributed by atoms with E-state index in [1.807, 2.05) is 0 Å². The van der Waals surface area contributed by atoms with E-state index in [-0.39, 0.29) is 39.8 Å². The Bertz CT molecular complexity index is 1050. The molecule has 0 bridgehead atoms. The standard InChI is InChI=1S/C25H31ClF5N3O2/c1-4-34-22(20(26)21(33-34)23(35)32-13-16-7-5-14(2)6-8-16)18-10-9-17(11-15(3)25(29,30)31)12-19(18)36-24(27)28/h9-10,12,14-16,24H,4-8,11,13H2,1-3H3,(H,32,35). The first-order valence-corrected chi connectivity index (χ1v) is 12.5. The number of nitrogens with zero attached hydrogens (tertiary/aromatic N) is 2. The fraction of sp³-hybridized carbons (Fsp3) is 0.600. The molecule has 3 rings (SSSR count). The Kier molecular flexibility index (Phi) is 9.24. The van der Waals surface area contributed by atoms with E-state index in [2.05, 4.69) is 22.1 Å². The van der Waals surface area contributed by atoms with Crippen LogP contribution < -0.4 is 10.1 Å². The van der Waals surface area contributed by atoms with Gasteiger partial charge in [0, 0.05) is 18.7 Å². The topological polar surface area (TPSA) is 56.2 Å². The van der Waals surface area contributed by atoms with Crippen LogP contribution in [0.1, 0.15) is 62.5 Å². The lowest BCUT2D eigenvalue weighted by Gasteiger charge is -2.26. The number of alkyl halides is 5. The van der Waals surface area contributed by atoms with Crippen LogP contribution in [0.15, 0.2) is 18.2 Å². The highest BCUT2D eigenvalue weighted by Crippen LogP contribution is 2.39. The van der Waals surface area contributed by atoms with Gasteiger partial charge in [-0.2, -0.15) is 27.1 Å². The number of ether oxygens (including phenoxy) is 1. The van der Waals surface area contributed by atoms with Gasteiger partial charge in [-0.15, -0.1) is 0 Å². The van der Waals surface area contributed by atoms with Crippen molar-refractivity contribution in [3.05, 3.63) is 34.5 Å². The molecule has 2 aromatic rings. The van der Waals surface area contributed by atoms with Gasteiger partial charge in [0.05, 0.1) is 16.6 Å². The van der Waals surface area contributed by atoms with Crippen LogP contribution in [0.4, 0.5) is 22.0 Å². The lowest BCUT2D eigenvalue weighted by molar-refractivity contribution is -0.169. The minimum Gasteiger partial charge on any atom is -0.434 e. The van der Waals surface area contributed by atoms with Crippen molar-refractivity contribution in [3.8, 4) is 17.0 Å². The second-order valence-electron chi connectivity index (χ2n) is 9.52. The molecule has 1 aliphatic rings. The molecule has 0 radical (unpaired) electrons. The number of hydrogen-bond acceptors (Lipinski definition) is 3. The van der Waals surface area contributed by atoms with Crippen molar-refractivity contribution in [3.63, 3.8) is 0 Å². The second kappa shape index (κ2) is 11.8. The zero-order valence-electron chi connectivity index (χ0n) is 20.5. The molecule has 1 amide bonds. The normalized spacial score (nSPS) is 19.4. The van der Waals surface area contributed by atoms with Crippen molar-refractivity contribution in [1.29, 1.82) is 0 Å². The zero-order valence-corrected chi connectivity index (χ0v) is 21.2. The van der Waals surface area contributed by atoms with Crippen molar-refractivity contribution < 1.29 is 31.5 Å². The summed E-state index contributed by atoms with van der Waals surface area (Å²) in [6, 6.07) is 3.93. The predicted octanol–water partition coefficient (Wildman–Crippen LogP) is 7.12. The van der Waals surface area contributed by atoms with E-state index in [1.54, 1.807) is 6.92 Å². The molecule has 200 valence electrons. The van der Waals surface area contributed by atoms with Gasteiger partial charge >= 0.3 is 12.8 Å². The molecule has 1 heterocycles. The maximum absolute atomic E-state index is 13.2. The van der Waals surface area contributed by atoms with Gasteiger partial charge in [0.2, 0.25) is 0 Å². The van der Waals surface area contributed by atoms with Gasteiger partial charge < -0.3 is 10.1 Å². The summed E-state index contributed by atoms with van der Waals surface area (Å²) in [5.74, 6) is -1.43. The van der Waals surface area contributed by atoms with Crippen LogP contribution in [0.3, 0.4) is 0 Å². The van der Waals surface area contributed by atoms with Gasteiger partial charge in [-0.1, -0.05) is 44.4 Å². The van der Waals surface area contributed by atoms with E-state index in [0.29, 0.717) is 18.4 Å². The quantitative estimate of drug-likeness (QED) is 0.348. The van der Waals surface area contributed by atoms with Crippen LogP contribution in [0.5, 0.6) is 5.75 Å². The van der Waals surface area contributed by atoms with Gasteiger partial charge in [0.15, 0.2) is 5.69 Å². The van der Waals surface area contributed by atoms with Crippen LogP contribution in [0, 0.1) is 17.8 Å². The third-order valence-corrected chi connectivity index (χ3v) is 7.07. The first-order chi connectivity index (χ1) is 16.9. The number of carbonyl (C=O) groups excluding carboxylic acids is 1. The molecule has 0 saturated heterocycles. The first kappa shape index (κ1) is 28.2. The Balaban J connectivity index is 1.89. The molecule has 5 nitrogen and oxygen atoms in total. The monoisotopic (exact) mass is 535 g/mol. The third-order valence-electron chi connectivity index (χ3n) is 6.71. The second-order valence-corrected chi connectivity index (χ2v) is 9.90. The predicted molar refractivity (Wildman–Crippen MR) is 127 cm³/mol. The molecule has 0 spiro atoms. The smallest absolute Gasteiger partial charge is 0.391 e. The van der Waals surface area contributed by atoms with Gasteiger partial charge in [0.1, 0.15) is 5.75 Å². The molecular formula is C25H31ClF5N3O2. The minimum absolute atomic E-state index is 0.0397. The highest BCUT2D eigenvalue weighted by atomic mass is 35.5. The molecule has 1 N–H and O–H groups in total. The summed E-state index contributed by atoms with van der Waals surface area (Å²) in [7, 11) is 0. The van der Waals surface area contributed by atoms with Crippen LogP contribution in [0.2, 0.25) is 5.02 Å². The lowest BCUT2D eigenvalue weighted by atomic mass is 9.83. The molecule has 1 unspecified atom stereocenters. The van der Waals surface area contributed by atoms with Gasteiger partial charge in [-0.3, -0.25) is 9.48 Å². The molecule has 1 atom stereocenters. The largest absolute Gasteiger partial charge is 0.434 e. The Hall–Kier alpha value is -2.36. The summed E-state index contributed by atoms with van der Waals surface area (Å²) in [5.41, 5.74) is 0.424. The van der Waals surface area contributed by atoms with E-state index in [4.69, 9.17) is 11.6 Å². The van der Waals surface area contributed by atoms with Crippen molar-refractivity contribution in [2.24, 2.45) is 17.8 Å². The summed E-state index contributed by atoms with van der Waals surface area (Å²) in [6.45, 7) is 2.51. The molecule has 1 fully saturated rings. The highest BCUT2D eigenvalue weighted by molar-refractivity contribution is 6.36. The van der Waals surface area contributed by atoms with Crippen molar-refractivity contribution in [2.45, 2.75) is 72.2 Å². The number of benzene rings is 1. The molecule has 1 aliphatic carbocycles. The third kappa shape index (κ3) is 6.89. The van der Waals surface area contributed by atoms with E-state index < -0.39 is 31.0 Å². The first-order valence-electron chi connectivity index (χ1n) is 12.1. The van der Waals surface area contributed by atoms with Gasteiger partial charge in [-0.05, 0) is 55.7 Å². The van der Waals surface area contributed by atoms with Crippen LogP contribution in [0.25, 0.3) is 11.3 Å². The summed E-state index contributed by atoms with van der Waals surface area (Å²) >= 11 is 6.53. The van der Waals surface area contributed by atoms with Crippen LogP contribution >= 0.6 is 11.6 Å². The number of halogens is 6. The number of rotatable bonds is 9. The molecule has 1 aromatic carbocycles. The number of hydrogen-bond donors (Lipinski definition) is 1. The molecule has 0 aliphatic heterocycles. The number of amides is 1. The van der Waals surface area contributed by atoms with E-state index in [0.717, 1.165) is 38.7 Å². The van der Waals surface area contributed by atoms with Gasteiger partial charge in [-0.25, -0.2) is 0 Å². The number of nitrogens with one attached hydrogen (secondary N) is 1. The highest BCUT2D eigenvalue weighted by Gasteiger charge is 2.36. The zero-order chi connectivity index (χ0) is 26.6. The Morgan fingerprint density at radius 3 is 2.50 bits per heavy atom. The molecule has 1 aromatic heterocycles. The molecular weight excluding hydrogens is 505 g/mol. The van der Waals surface area contributed by atoms with E-state index >= 15 is 0 Å². The van der Waals surface area contributed by atoms with Gasteiger partial charge in [0.25, 0.3) is 5.91 Å². The fourth-order valence-electron chi connectivity index (χ4n) is 4.48. The lowest BCUT2D eigenvalue weighted by Crippen LogP contribution is -2.31. The number of carbonyl (C=O) groups is 1. The van der Waals surface area contributed by atoms with Crippen molar-refractivity contribution in [2.75, 3.05) is 6.54 Å². The average molecular weight is 536 g/mol. The van der Waals surface area contributed by atoms with Crippen LogP contribution in [-0.4, -0.2) is 35.0 Å². The summed E-state index contributed by atoms with van der Waals surface area (Å²) in [6.07, 6.45) is -0.557. The Labute approximate surface area is 212 Å². The minimum atomic E-state index is -4.43. The number of aromatic nitrogens is 2. The summed E-state index contributed by atoms with van der Waals surface area (Å²) < 4.78 is 71.4. The van der Waals surface area contributed by atoms with E-state index in [1.165, 1.54) is 16.8 Å². The fourth-order valence-corrected chi connectivity index (χ4v) is 4.80. The maximum Gasteiger partial charge on any atom is 0.391 e. The SMILES string of the molecule is CCn1nc(C(=O)NCC2CCC(C)CC2)c(Cl)c1-c1ccc(CC(C)C(F)(F)F)cc1OC(F)F. The molecule has 36 heavy (non-hydrogen) atoms. The molecule has 1 saturated carbocycles. The van der Waals surface area contributed by atoms with E-state index in [9.17, 15) is 26.7 Å².